The van der Waals surface area contributed by atoms with E-state index in [0.29, 0.717) is 35.1 Å². The van der Waals surface area contributed by atoms with Gasteiger partial charge in [0, 0.05) is 13.1 Å². The first kappa shape index (κ1) is 17.2. The zero-order valence-corrected chi connectivity index (χ0v) is 14.1. The number of nitrogens with zero attached hydrogens (tertiary/aromatic N) is 2. The van der Waals surface area contributed by atoms with Crippen molar-refractivity contribution in [2.75, 3.05) is 11.9 Å². The van der Waals surface area contributed by atoms with Crippen LogP contribution in [0.1, 0.15) is 34.1 Å². The Kier molecular flexibility index (Phi) is 6.68. The van der Waals surface area contributed by atoms with Crippen LogP contribution in [0.15, 0.2) is 15.5 Å². The summed E-state index contributed by atoms with van der Waals surface area (Å²) in [6.07, 6.45) is 1.92. The van der Waals surface area contributed by atoms with E-state index in [2.05, 4.69) is 40.2 Å². The normalized spacial score (nSPS) is 13.0. The standard InChI is InChI=1S/C14H24BrN3O2/c1-9(2)5-11(19)6-16-12-7-17-18(8-10(3)4)14(20)13(12)15/h7,9-11,16,19H,5-6,8H2,1-4H3. The summed E-state index contributed by atoms with van der Waals surface area (Å²) in [5.74, 6) is 0.797. The summed E-state index contributed by atoms with van der Waals surface area (Å²) in [6.45, 7) is 9.20. The minimum absolute atomic E-state index is 0.151. The molecule has 114 valence electrons. The average Bonchev–Trinajstić information content (AvgIpc) is 2.33. The van der Waals surface area contributed by atoms with Crippen molar-refractivity contribution in [3.63, 3.8) is 0 Å². The van der Waals surface area contributed by atoms with Gasteiger partial charge in [-0.05, 0) is 34.2 Å². The van der Waals surface area contributed by atoms with Crippen LogP contribution in [0.4, 0.5) is 5.69 Å². The summed E-state index contributed by atoms with van der Waals surface area (Å²) in [5.41, 5.74) is 0.472. The van der Waals surface area contributed by atoms with Gasteiger partial charge in [0.1, 0.15) is 4.47 Å². The lowest BCUT2D eigenvalue weighted by Gasteiger charge is -2.16. The van der Waals surface area contributed by atoms with Gasteiger partial charge in [-0.25, -0.2) is 4.68 Å². The van der Waals surface area contributed by atoms with Crippen LogP contribution in [-0.4, -0.2) is 27.5 Å². The largest absolute Gasteiger partial charge is 0.391 e. The molecule has 0 aromatic carbocycles. The second kappa shape index (κ2) is 7.78. The molecule has 0 aliphatic carbocycles. The molecule has 0 aliphatic rings. The van der Waals surface area contributed by atoms with Crippen LogP contribution in [0.2, 0.25) is 0 Å². The molecule has 1 aromatic rings. The number of hydrogen-bond acceptors (Lipinski definition) is 4. The van der Waals surface area contributed by atoms with Gasteiger partial charge in [0.25, 0.3) is 5.56 Å². The van der Waals surface area contributed by atoms with Crippen LogP contribution in [0.25, 0.3) is 0 Å². The van der Waals surface area contributed by atoms with Crippen molar-refractivity contribution in [2.24, 2.45) is 11.8 Å². The first-order chi connectivity index (χ1) is 9.31. The lowest BCUT2D eigenvalue weighted by molar-refractivity contribution is 0.161. The number of aliphatic hydroxyl groups excluding tert-OH is 1. The molecular weight excluding hydrogens is 322 g/mol. The summed E-state index contributed by atoms with van der Waals surface area (Å²) >= 11 is 3.30. The van der Waals surface area contributed by atoms with E-state index in [1.54, 1.807) is 6.20 Å². The van der Waals surface area contributed by atoms with Crippen molar-refractivity contribution in [1.29, 1.82) is 0 Å². The monoisotopic (exact) mass is 345 g/mol. The number of aliphatic hydroxyl groups is 1. The van der Waals surface area contributed by atoms with Crippen molar-refractivity contribution in [3.8, 4) is 0 Å². The Hall–Kier alpha value is -0.880. The Morgan fingerprint density at radius 1 is 1.35 bits per heavy atom. The number of hydrogen-bond donors (Lipinski definition) is 2. The molecule has 0 spiro atoms. The molecule has 1 atom stereocenters. The molecule has 0 fully saturated rings. The summed E-state index contributed by atoms with van der Waals surface area (Å²) in [6, 6.07) is 0. The lowest BCUT2D eigenvalue weighted by atomic mass is 10.1. The van der Waals surface area contributed by atoms with Crippen molar-refractivity contribution in [1.82, 2.24) is 9.78 Å². The maximum Gasteiger partial charge on any atom is 0.283 e. The molecule has 6 heteroatoms. The Morgan fingerprint density at radius 3 is 2.55 bits per heavy atom. The first-order valence-electron chi connectivity index (χ1n) is 6.98. The average molecular weight is 346 g/mol. The molecule has 0 radical (unpaired) electrons. The molecular formula is C14H24BrN3O2. The molecule has 0 bridgehead atoms. The number of anilines is 1. The number of aromatic nitrogens is 2. The predicted octanol–water partition coefficient (Wildman–Crippen LogP) is 2.48. The van der Waals surface area contributed by atoms with E-state index >= 15 is 0 Å². The third-order valence-corrected chi connectivity index (χ3v) is 3.56. The minimum Gasteiger partial charge on any atom is -0.391 e. The van der Waals surface area contributed by atoms with E-state index in [1.807, 2.05) is 13.8 Å². The Morgan fingerprint density at radius 2 is 2.00 bits per heavy atom. The van der Waals surface area contributed by atoms with Crippen LogP contribution in [-0.2, 0) is 6.54 Å². The van der Waals surface area contributed by atoms with Crippen LogP contribution in [0.5, 0.6) is 0 Å². The van der Waals surface area contributed by atoms with Crippen molar-refractivity contribution >= 4 is 21.6 Å². The summed E-state index contributed by atoms with van der Waals surface area (Å²) in [4.78, 5) is 12.1. The molecule has 5 nitrogen and oxygen atoms in total. The van der Waals surface area contributed by atoms with Gasteiger partial charge in [-0.2, -0.15) is 5.10 Å². The second-order valence-corrected chi connectivity index (χ2v) is 6.71. The van der Waals surface area contributed by atoms with Crippen molar-refractivity contribution < 1.29 is 5.11 Å². The minimum atomic E-state index is -0.431. The SMILES string of the molecule is CC(C)CC(O)CNc1cnn(CC(C)C)c(=O)c1Br. The fourth-order valence-corrected chi connectivity index (χ4v) is 2.37. The highest BCUT2D eigenvalue weighted by Crippen LogP contribution is 2.17. The molecule has 0 saturated heterocycles. The van der Waals surface area contributed by atoms with Crippen molar-refractivity contribution in [3.05, 3.63) is 21.0 Å². The van der Waals surface area contributed by atoms with E-state index < -0.39 is 6.10 Å². The van der Waals surface area contributed by atoms with Gasteiger partial charge in [-0.1, -0.05) is 27.7 Å². The van der Waals surface area contributed by atoms with E-state index in [0.717, 1.165) is 6.42 Å². The fraction of sp³-hybridized carbons (Fsp3) is 0.714. The topological polar surface area (TPSA) is 67.2 Å². The van der Waals surface area contributed by atoms with Gasteiger partial charge in [0.2, 0.25) is 0 Å². The smallest absolute Gasteiger partial charge is 0.283 e. The van der Waals surface area contributed by atoms with Crippen molar-refractivity contribution in [2.45, 2.75) is 46.8 Å². The van der Waals surface area contributed by atoms with Gasteiger partial charge in [-0.3, -0.25) is 4.79 Å². The molecule has 1 aromatic heterocycles. The zero-order chi connectivity index (χ0) is 15.3. The molecule has 1 rings (SSSR count). The highest BCUT2D eigenvalue weighted by molar-refractivity contribution is 9.10. The van der Waals surface area contributed by atoms with E-state index in [1.165, 1.54) is 4.68 Å². The molecule has 1 heterocycles. The van der Waals surface area contributed by atoms with E-state index in [-0.39, 0.29) is 5.56 Å². The third-order valence-electron chi connectivity index (χ3n) is 2.79. The van der Waals surface area contributed by atoms with E-state index in [4.69, 9.17) is 0 Å². The van der Waals surface area contributed by atoms with Crippen LogP contribution in [0, 0.1) is 11.8 Å². The molecule has 1 unspecified atom stereocenters. The summed E-state index contributed by atoms with van der Waals surface area (Å²) < 4.78 is 1.91. The fourth-order valence-electron chi connectivity index (χ4n) is 1.92. The molecule has 0 amide bonds. The van der Waals surface area contributed by atoms with Gasteiger partial charge in [0.05, 0.1) is 18.0 Å². The van der Waals surface area contributed by atoms with Gasteiger partial charge < -0.3 is 10.4 Å². The molecule has 0 saturated carbocycles. The molecule has 20 heavy (non-hydrogen) atoms. The van der Waals surface area contributed by atoms with Gasteiger partial charge >= 0.3 is 0 Å². The number of nitrogens with one attached hydrogen (secondary N) is 1. The Bertz CT molecular complexity index is 486. The Labute approximate surface area is 128 Å². The van der Waals surface area contributed by atoms with Crippen LogP contribution >= 0.6 is 15.9 Å². The quantitative estimate of drug-likeness (QED) is 0.796. The summed E-state index contributed by atoms with van der Waals surface area (Å²) in [7, 11) is 0. The van der Waals surface area contributed by atoms with Crippen LogP contribution in [0.3, 0.4) is 0 Å². The highest BCUT2D eigenvalue weighted by Gasteiger charge is 2.12. The molecule has 2 N–H and O–H groups in total. The first-order valence-corrected chi connectivity index (χ1v) is 7.78. The number of halogens is 1. The number of rotatable bonds is 7. The highest BCUT2D eigenvalue weighted by atomic mass is 79.9. The lowest BCUT2D eigenvalue weighted by Crippen LogP contribution is -2.28. The van der Waals surface area contributed by atoms with Gasteiger partial charge in [0.15, 0.2) is 0 Å². The molecule has 0 aliphatic heterocycles. The maximum absolute atomic E-state index is 12.1. The summed E-state index contributed by atoms with van der Waals surface area (Å²) in [5, 5.41) is 17.0. The second-order valence-electron chi connectivity index (χ2n) is 5.92. The zero-order valence-electron chi connectivity index (χ0n) is 12.6. The van der Waals surface area contributed by atoms with Crippen LogP contribution < -0.4 is 10.9 Å². The maximum atomic E-state index is 12.1. The predicted molar refractivity (Wildman–Crippen MR) is 85.0 cm³/mol. The Balaban J connectivity index is 2.73. The third kappa shape index (κ3) is 5.25. The van der Waals surface area contributed by atoms with E-state index in [9.17, 15) is 9.90 Å². The van der Waals surface area contributed by atoms with Gasteiger partial charge in [-0.15, -0.1) is 0 Å².